The fraction of sp³-hybridized carbons (Fsp3) is 0.129. The van der Waals surface area contributed by atoms with E-state index in [1.165, 1.54) is 24.4 Å². The van der Waals surface area contributed by atoms with Gasteiger partial charge in [0.1, 0.15) is 0 Å². The lowest BCUT2D eigenvalue weighted by Crippen LogP contribution is -2.47. The standard InChI is InChI=1S/C31H23F3N2O3S/c1-20-14-16-22(17-15-20)40(38,39)30(26-18-35-27-13-6-5-10-23(26)27)24-11-7-12-25(31(32,33)34)28(24)36(29(30)37)19-21-8-3-2-4-9-21/h2-18,35H,19H2,1H3. The lowest BCUT2D eigenvalue weighted by atomic mass is 9.90. The number of fused-ring (bicyclic) bond motifs is 2. The Balaban J connectivity index is 1.75. The zero-order valence-corrected chi connectivity index (χ0v) is 22.1. The normalized spacial score (nSPS) is 17.4. The van der Waals surface area contributed by atoms with E-state index in [2.05, 4.69) is 4.98 Å². The maximum atomic E-state index is 14.8. The van der Waals surface area contributed by atoms with Crippen LogP contribution < -0.4 is 4.90 Å². The molecular formula is C31H23F3N2O3S. The first kappa shape index (κ1) is 25.9. The summed E-state index contributed by atoms with van der Waals surface area (Å²) < 4.78 is 70.6. The Bertz CT molecular complexity index is 1860. The van der Waals surface area contributed by atoms with Crippen molar-refractivity contribution in [3.05, 3.63) is 131 Å². The molecule has 0 saturated carbocycles. The minimum Gasteiger partial charge on any atom is -0.361 e. The number of nitrogens with zero attached hydrogens (tertiary/aromatic N) is 1. The van der Waals surface area contributed by atoms with Crippen LogP contribution in [0.1, 0.15) is 27.8 Å². The molecule has 0 fully saturated rings. The lowest BCUT2D eigenvalue weighted by molar-refractivity contribution is -0.137. The molecule has 0 radical (unpaired) electrons. The van der Waals surface area contributed by atoms with Crippen LogP contribution in [0, 0.1) is 6.92 Å². The predicted molar refractivity (Wildman–Crippen MR) is 147 cm³/mol. The number of aryl methyl sites for hydroxylation is 1. The van der Waals surface area contributed by atoms with E-state index in [1.807, 2.05) is 0 Å². The van der Waals surface area contributed by atoms with Gasteiger partial charge in [-0.2, -0.15) is 13.2 Å². The molecule has 2 heterocycles. The highest BCUT2D eigenvalue weighted by Crippen LogP contribution is 2.56. The Hall–Kier alpha value is -4.37. The number of alkyl halides is 3. The maximum absolute atomic E-state index is 14.8. The molecule has 202 valence electrons. The lowest BCUT2D eigenvalue weighted by Gasteiger charge is -2.29. The number of hydrogen-bond donors (Lipinski definition) is 1. The Morgan fingerprint density at radius 2 is 1.50 bits per heavy atom. The van der Waals surface area contributed by atoms with E-state index in [0.717, 1.165) is 22.6 Å². The van der Waals surface area contributed by atoms with Crippen molar-refractivity contribution in [2.24, 2.45) is 0 Å². The average Bonchev–Trinajstić information content (AvgIpc) is 3.46. The SMILES string of the molecule is Cc1ccc(S(=O)(=O)C2(c3c[nH]c4ccccc34)C(=O)N(Cc3ccccc3)c3c(C(F)(F)F)cccc32)cc1. The van der Waals surface area contributed by atoms with Gasteiger partial charge >= 0.3 is 6.18 Å². The number of rotatable bonds is 5. The van der Waals surface area contributed by atoms with Gasteiger partial charge in [-0.1, -0.05) is 78.4 Å². The number of amides is 1. The monoisotopic (exact) mass is 560 g/mol. The van der Waals surface area contributed by atoms with E-state index in [1.54, 1.807) is 73.7 Å². The van der Waals surface area contributed by atoms with E-state index in [4.69, 9.17) is 0 Å². The summed E-state index contributed by atoms with van der Waals surface area (Å²) in [6, 6.07) is 24.7. The van der Waals surface area contributed by atoms with Crippen LogP contribution in [0.5, 0.6) is 0 Å². The molecule has 9 heteroatoms. The number of H-pyrrole nitrogens is 1. The fourth-order valence-corrected chi connectivity index (χ4v) is 7.69. The van der Waals surface area contributed by atoms with Crippen LogP contribution >= 0.6 is 0 Å². The molecule has 5 aromatic rings. The molecule has 40 heavy (non-hydrogen) atoms. The number of aromatic amines is 1. The molecule has 4 aromatic carbocycles. The number of aromatic nitrogens is 1. The third-order valence-corrected chi connectivity index (χ3v) is 9.74. The average molecular weight is 561 g/mol. The highest BCUT2D eigenvalue weighted by molar-refractivity contribution is 7.93. The van der Waals surface area contributed by atoms with Crippen molar-refractivity contribution >= 4 is 32.3 Å². The molecule has 6 rings (SSSR count). The minimum atomic E-state index is -4.84. The van der Waals surface area contributed by atoms with E-state index in [0.29, 0.717) is 16.5 Å². The van der Waals surface area contributed by atoms with Gasteiger partial charge in [-0.25, -0.2) is 8.42 Å². The van der Waals surface area contributed by atoms with Crippen LogP contribution in [0.15, 0.2) is 108 Å². The molecule has 0 spiro atoms. The fourth-order valence-electron chi connectivity index (χ4n) is 5.59. The highest BCUT2D eigenvalue weighted by atomic mass is 32.2. The summed E-state index contributed by atoms with van der Waals surface area (Å²) in [6.07, 6.45) is -3.42. The zero-order valence-electron chi connectivity index (χ0n) is 21.2. The van der Waals surface area contributed by atoms with Gasteiger partial charge in [0.15, 0.2) is 0 Å². The van der Waals surface area contributed by atoms with Crippen molar-refractivity contribution in [3.63, 3.8) is 0 Å². The van der Waals surface area contributed by atoms with Crippen molar-refractivity contribution in [1.29, 1.82) is 0 Å². The van der Waals surface area contributed by atoms with Crippen molar-refractivity contribution in [1.82, 2.24) is 4.98 Å². The van der Waals surface area contributed by atoms with Crippen LogP contribution in [0.4, 0.5) is 18.9 Å². The van der Waals surface area contributed by atoms with Gasteiger partial charge in [-0.15, -0.1) is 0 Å². The largest absolute Gasteiger partial charge is 0.418 e. The van der Waals surface area contributed by atoms with Crippen molar-refractivity contribution in [2.75, 3.05) is 4.90 Å². The molecule has 1 aliphatic rings. The number of sulfone groups is 1. The van der Waals surface area contributed by atoms with Crippen LogP contribution in [-0.4, -0.2) is 19.3 Å². The molecule has 5 nitrogen and oxygen atoms in total. The Kier molecular flexibility index (Phi) is 5.88. The highest BCUT2D eigenvalue weighted by Gasteiger charge is 2.63. The van der Waals surface area contributed by atoms with Gasteiger partial charge in [0.05, 0.1) is 22.7 Å². The number of para-hydroxylation sites is 2. The Morgan fingerprint density at radius 1 is 0.825 bits per heavy atom. The molecule has 1 unspecified atom stereocenters. The van der Waals surface area contributed by atoms with Gasteiger partial charge < -0.3 is 9.88 Å². The smallest absolute Gasteiger partial charge is 0.361 e. The predicted octanol–water partition coefficient (Wildman–Crippen LogP) is 6.76. The number of nitrogens with one attached hydrogen (secondary N) is 1. The summed E-state index contributed by atoms with van der Waals surface area (Å²) in [5.74, 6) is -0.964. The summed E-state index contributed by atoms with van der Waals surface area (Å²) in [7, 11) is -4.66. The summed E-state index contributed by atoms with van der Waals surface area (Å²) in [6.45, 7) is 1.55. The van der Waals surface area contributed by atoms with Crippen LogP contribution in [0.3, 0.4) is 0 Å². The summed E-state index contributed by atoms with van der Waals surface area (Å²) >= 11 is 0. The van der Waals surface area contributed by atoms with E-state index in [9.17, 15) is 26.4 Å². The minimum absolute atomic E-state index is 0.0739. The molecule has 1 aromatic heterocycles. The van der Waals surface area contributed by atoms with E-state index < -0.39 is 37.9 Å². The van der Waals surface area contributed by atoms with Gasteiger partial charge in [0.25, 0.3) is 5.91 Å². The molecule has 0 aliphatic carbocycles. The number of benzene rings is 4. The number of hydrogen-bond acceptors (Lipinski definition) is 3. The molecule has 1 amide bonds. The van der Waals surface area contributed by atoms with Gasteiger partial charge in [0, 0.05) is 28.2 Å². The number of carbonyl (C=O) groups is 1. The zero-order chi connectivity index (χ0) is 28.3. The first-order chi connectivity index (χ1) is 19.1. The van der Waals surface area contributed by atoms with Crippen LogP contribution in [-0.2, 0) is 32.1 Å². The van der Waals surface area contributed by atoms with Crippen LogP contribution in [0.25, 0.3) is 10.9 Å². The molecule has 0 bridgehead atoms. The Morgan fingerprint density at radius 3 is 2.20 bits per heavy atom. The number of carbonyl (C=O) groups excluding carboxylic acids is 1. The van der Waals surface area contributed by atoms with Gasteiger partial charge in [-0.3, -0.25) is 4.79 Å². The quantitative estimate of drug-likeness (QED) is 0.258. The summed E-state index contributed by atoms with van der Waals surface area (Å²) in [4.78, 5) is 18.6. The van der Waals surface area contributed by atoms with Gasteiger partial charge in [-0.05, 0) is 36.8 Å². The number of anilines is 1. The van der Waals surface area contributed by atoms with E-state index >= 15 is 0 Å². The van der Waals surface area contributed by atoms with Crippen molar-refractivity contribution < 1.29 is 26.4 Å². The van der Waals surface area contributed by atoms with Gasteiger partial charge in [0.2, 0.25) is 14.6 Å². The first-order valence-electron chi connectivity index (χ1n) is 12.5. The molecule has 1 atom stereocenters. The van der Waals surface area contributed by atoms with Crippen LogP contribution in [0.2, 0.25) is 0 Å². The molecule has 0 saturated heterocycles. The second-order valence-electron chi connectivity index (χ2n) is 9.82. The van der Waals surface area contributed by atoms with E-state index in [-0.39, 0.29) is 22.6 Å². The second kappa shape index (κ2) is 9.09. The molecular weight excluding hydrogens is 537 g/mol. The third kappa shape index (κ3) is 3.68. The molecule has 1 N–H and O–H groups in total. The van der Waals surface area contributed by atoms with Crippen molar-refractivity contribution in [3.8, 4) is 0 Å². The summed E-state index contributed by atoms with van der Waals surface area (Å²) in [5, 5.41) is 0.427. The first-order valence-corrected chi connectivity index (χ1v) is 14.0. The second-order valence-corrected chi connectivity index (χ2v) is 11.9. The van der Waals surface area contributed by atoms with Crippen molar-refractivity contribution in [2.45, 2.75) is 29.3 Å². The third-order valence-electron chi connectivity index (χ3n) is 7.42. The molecule has 1 aliphatic heterocycles. The summed E-state index contributed by atoms with van der Waals surface area (Å²) in [5.41, 5.74) is 0.224. The maximum Gasteiger partial charge on any atom is 0.418 e. The Labute approximate surface area is 228 Å². The topological polar surface area (TPSA) is 70.2 Å². The number of halogens is 3.